The number of ether oxygens (including phenoxy) is 3. The summed E-state index contributed by atoms with van der Waals surface area (Å²) in [4.78, 5) is 82.5. The van der Waals surface area contributed by atoms with Crippen molar-refractivity contribution in [1.29, 1.82) is 0 Å². The van der Waals surface area contributed by atoms with Crippen molar-refractivity contribution < 1.29 is 56.5 Å². The fraction of sp³-hybridized carbons (Fsp3) is 0.891. The number of β-amino-alcohol motifs (C(OH)–C–C–N with tert-alkyl or cyclic N) is 1. The molecule has 5 saturated heterocycles. The van der Waals surface area contributed by atoms with E-state index in [9.17, 15) is 42.3 Å². The third-order valence-corrected chi connectivity index (χ3v) is 21.7. The molecule has 5 heterocycles. The third-order valence-electron chi connectivity index (χ3n) is 17.8. The van der Waals surface area contributed by atoms with Gasteiger partial charge in [-0.05, 0) is 113 Å². The van der Waals surface area contributed by atoms with Gasteiger partial charge >= 0.3 is 0 Å². The summed E-state index contributed by atoms with van der Waals surface area (Å²) in [6.07, 6.45) is 12.1. The number of aliphatic hydroxyl groups excluding tert-OH is 1. The van der Waals surface area contributed by atoms with Crippen LogP contribution in [0.2, 0.25) is 0 Å². The summed E-state index contributed by atoms with van der Waals surface area (Å²) in [5.41, 5.74) is -0.918. The van der Waals surface area contributed by atoms with Crippen molar-refractivity contribution in [2.24, 2.45) is 40.9 Å². The Labute approximate surface area is 489 Å². The number of likely N-dealkylation sites (N-methyl/N-ethyl adjacent to an activating group) is 1. The first-order valence-electron chi connectivity index (χ1n) is 29.9. The number of carbonyl (C=O) groups is 6. The maximum Gasteiger partial charge on any atom is 0.246 e. The molecule has 0 aromatic carbocycles. The van der Waals surface area contributed by atoms with Gasteiger partial charge in [0.05, 0.1) is 70.6 Å². The summed E-state index contributed by atoms with van der Waals surface area (Å²) in [5, 5.41) is 36.6. The highest BCUT2D eigenvalue weighted by Crippen LogP contribution is 2.42. The first-order valence-corrected chi connectivity index (χ1v) is 33.8. The van der Waals surface area contributed by atoms with E-state index in [0.29, 0.717) is 86.8 Å². The van der Waals surface area contributed by atoms with Crippen LogP contribution in [0.25, 0.3) is 0 Å². The van der Waals surface area contributed by atoms with Crippen molar-refractivity contribution >= 4 is 69.0 Å². The Morgan fingerprint density at radius 1 is 0.778 bits per heavy atom. The van der Waals surface area contributed by atoms with E-state index >= 15 is 0 Å². The minimum absolute atomic E-state index is 0.0195. The van der Waals surface area contributed by atoms with Crippen LogP contribution in [0.4, 0.5) is 0 Å². The van der Waals surface area contributed by atoms with Gasteiger partial charge in [0.25, 0.3) is 0 Å². The SMILES string of the molecule is CC1NCSC1C1CCC(CNC(=O)[C@@H]2CC(O)CN2C(=O)[C@@H](NC(=O)COCCOCCOCCNC(=O)CN(C)C2CC(C3CCCC(C4CSC(NC(=O)CNC(=O)C5CCN(S(C)(=O)=O)C5)N4)C3)CCN2)C(C)(C)C)CC1. The molecule has 12 atom stereocenters. The fourth-order valence-corrected chi connectivity index (χ4v) is 16.7. The lowest BCUT2D eigenvalue weighted by molar-refractivity contribution is -0.144. The van der Waals surface area contributed by atoms with Gasteiger partial charge in [0.15, 0.2) is 0 Å². The Bertz CT molecular complexity index is 2190. The molecule has 0 aromatic rings. The molecule has 0 bridgehead atoms. The topological polar surface area (TPSA) is 290 Å². The molecule has 462 valence electrons. The van der Waals surface area contributed by atoms with Gasteiger partial charge in [0.2, 0.25) is 45.5 Å². The first-order chi connectivity index (χ1) is 38.6. The normalized spacial score (nSPS) is 31.7. The van der Waals surface area contributed by atoms with Gasteiger partial charge in [0, 0.05) is 68.1 Å². The number of hydrogen-bond acceptors (Lipinski definition) is 18. The van der Waals surface area contributed by atoms with Gasteiger partial charge in [-0.2, -0.15) is 0 Å². The van der Waals surface area contributed by atoms with Crippen LogP contribution in [-0.4, -0.2) is 227 Å². The maximum atomic E-state index is 14.0. The highest BCUT2D eigenvalue weighted by Gasteiger charge is 2.45. The predicted molar refractivity (Wildman–Crippen MR) is 312 cm³/mol. The molecule has 7 aliphatic rings. The van der Waals surface area contributed by atoms with Crippen LogP contribution in [-0.2, 0) is 53.0 Å². The van der Waals surface area contributed by atoms with Gasteiger partial charge in [-0.25, -0.2) is 12.7 Å². The van der Waals surface area contributed by atoms with E-state index in [1.165, 1.54) is 15.6 Å². The largest absolute Gasteiger partial charge is 0.391 e. The molecule has 0 radical (unpaired) electrons. The van der Waals surface area contributed by atoms with E-state index in [2.05, 4.69) is 54.4 Å². The molecule has 5 aliphatic heterocycles. The number of rotatable bonds is 27. The van der Waals surface area contributed by atoms with Gasteiger partial charge < -0.3 is 61.4 Å². The lowest BCUT2D eigenvalue weighted by Gasteiger charge is -2.42. The summed E-state index contributed by atoms with van der Waals surface area (Å²) >= 11 is 3.69. The van der Waals surface area contributed by atoms with E-state index in [4.69, 9.17) is 14.2 Å². The minimum Gasteiger partial charge on any atom is -0.391 e. The van der Waals surface area contributed by atoms with Crippen molar-refractivity contribution in [1.82, 2.24) is 56.6 Å². The van der Waals surface area contributed by atoms with Crippen LogP contribution < -0.4 is 42.5 Å². The van der Waals surface area contributed by atoms with E-state index in [0.717, 1.165) is 82.2 Å². The van der Waals surface area contributed by atoms with Gasteiger partial charge in [-0.15, -0.1) is 23.5 Å². The van der Waals surface area contributed by atoms with Crippen LogP contribution in [0.15, 0.2) is 0 Å². The molecule has 0 spiro atoms. The zero-order valence-corrected chi connectivity index (χ0v) is 51.3. The van der Waals surface area contributed by atoms with E-state index < -0.39 is 51.4 Å². The number of aliphatic hydroxyl groups is 1. The van der Waals surface area contributed by atoms with Gasteiger partial charge in [-0.3, -0.25) is 39.0 Å². The lowest BCUT2D eigenvalue weighted by Crippen LogP contribution is -2.58. The molecule has 7 fully saturated rings. The Balaban J connectivity index is 0.697. The maximum absolute atomic E-state index is 14.0. The number of carbonyl (C=O) groups excluding carboxylic acids is 6. The van der Waals surface area contributed by atoms with E-state index in [1.807, 2.05) is 39.6 Å². The Kier molecular flexibility index (Phi) is 25.5. The third kappa shape index (κ3) is 20.1. The first kappa shape index (κ1) is 65.6. The van der Waals surface area contributed by atoms with Gasteiger partial charge in [0.1, 0.15) is 24.2 Å². The van der Waals surface area contributed by atoms with Gasteiger partial charge in [-0.1, -0.05) is 33.6 Å². The van der Waals surface area contributed by atoms with Crippen molar-refractivity contribution in [3.05, 3.63) is 0 Å². The molecule has 10 unspecified atom stereocenters. The van der Waals surface area contributed by atoms with Crippen LogP contribution in [0.1, 0.15) is 105 Å². The summed E-state index contributed by atoms with van der Waals surface area (Å²) in [7, 11) is -1.37. The monoisotopic (exact) mass is 1200 g/mol. The van der Waals surface area contributed by atoms with Crippen LogP contribution >= 0.6 is 23.5 Å². The fourth-order valence-electron chi connectivity index (χ4n) is 13.1. The average Bonchev–Trinajstić information content (AvgIpc) is 4.29. The van der Waals surface area contributed by atoms with Crippen molar-refractivity contribution in [3.63, 3.8) is 0 Å². The number of nitrogens with one attached hydrogen (secondary N) is 8. The summed E-state index contributed by atoms with van der Waals surface area (Å²) in [5.74, 6) is 2.35. The highest BCUT2D eigenvalue weighted by molar-refractivity contribution is 8.00. The smallest absolute Gasteiger partial charge is 0.246 e. The molecule has 81 heavy (non-hydrogen) atoms. The second kappa shape index (κ2) is 31.5. The summed E-state index contributed by atoms with van der Waals surface area (Å²) in [6, 6.07) is -0.954. The quantitative estimate of drug-likeness (QED) is 0.0496. The van der Waals surface area contributed by atoms with Crippen molar-refractivity contribution in [3.8, 4) is 0 Å². The number of thioether (sulfide) groups is 2. The zero-order chi connectivity index (χ0) is 58.3. The Hall–Kier alpha value is -2.89. The summed E-state index contributed by atoms with van der Waals surface area (Å²) < 4.78 is 41.8. The molecule has 9 N–H and O–H groups in total. The molecule has 23 nitrogen and oxygen atoms in total. The van der Waals surface area contributed by atoms with E-state index in [1.54, 1.807) is 11.8 Å². The highest BCUT2D eigenvalue weighted by atomic mass is 32.2. The van der Waals surface area contributed by atoms with E-state index in [-0.39, 0.29) is 93.8 Å². The number of likely N-dealkylation sites (tertiary alicyclic amines) is 1. The predicted octanol–water partition coefficient (Wildman–Crippen LogP) is 0.185. The Morgan fingerprint density at radius 2 is 1.49 bits per heavy atom. The number of amides is 6. The van der Waals surface area contributed by atoms with Crippen LogP contribution in [0, 0.1) is 40.9 Å². The van der Waals surface area contributed by atoms with Crippen LogP contribution in [0.3, 0.4) is 0 Å². The molecular formula is C55H97N11O12S3. The number of piperidine rings is 1. The molecule has 6 amide bonds. The molecule has 2 saturated carbocycles. The molecule has 0 aromatic heterocycles. The standard InChI is InChI=1S/C55H97N11O12S3/c1-35-49(80-34-60-35)37-12-10-36(11-13-37)27-58-52(72)44-26-42(67)30-66(44)53(73)50(55(2,3)4)62-48(70)32-78-23-22-77-21-20-76-19-17-57-47(69)31-64(5)45-25-39(14-16-56-45)38-8-7-9-40(24-38)43-33-79-54(61-43)63-46(68)28-59-51(71)41-15-18-65(29-41)81(6,74)75/h35-45,49-50,54,56,60-61,67H,7-34H2,1-6H3,(H,57,69)(H,58,72)(H,59,71)(H,62,70)(H,63,68)/t35?,36?,37?,38?,39?,40?,41?,42?,43?,44-,45?,49?,50+,54?/m0/s1. The Morgan fingerprint density at radius 3 is 2.20 bits per heavy atom. The summed E-state index contributed by atoms with van der Waals surface area (Å²) in [6.45, 7) is 11.2. The lowest BCUT2D eigenvalue weighted by atomic mass is 9.70. The zero-order valence-electron chi connectivity index (χ0n) is 48.9. The molecule has 2 aliphatic carbocycles. The molecule has 26 heteroatoms. The van der Waals surface area contributed by atoms with Crippen LogP contribution in [0.5, 0.6) is 0 Å². The van der Waals surface area contributed by atoms with Crippen molar-refractivity contribution in [2.45, 2.75) is 152 Å². The minimum atomic E-state index is -3.35. The second-order valence-corrected chi connectivity index (χ2v) is 29.2. The number of nitrogens with zero attached hydrogens (tertiary/aromatic N) is 3. The molecular weight excluding hydrogens is 1100 g/mol. The second-order valence-electron chi connectivity index (χ2n) is 24.9. The molecule has 7 rings (SSSR count). The van der Waals surface area contributed by atoms with Crippen molar-refractivity contribution in [2.75, 3.05) is 117 Å². The number of hydrogen-bond donors (Lipinski definition) is 9. The average molecular weight is 1200 g/mol. The number of sulfonamides is 1.